The molecule has 0 fully saturated rings. The van der Waals surface area contributed by atoms with E-state index in [4.69, 9.17) is 9.84 Å². The van der Waals surface area contributed by atoms with Crippen molar-refractivity contribution < 1.29 is 14.6 Å². The molecule has 1 aromatic heterocycles. The number of carbonyl (C=O) groups is 1. The Balaban J connectivity index is 2.23. The number of aryl methyl sites for hydroxylation is 1. The number of carboxylic acids is 1. The summed E-state index contributed by atoms with van der Waals surface area (Å²) in [5, 5.41) is 12.1. The molecule has 4 nitrogen and oxygen atoms in total. The smallest absolute Gasteiger partial charge is 0.345 e. The number of carboxylic acid groups (broad SMARTS) is 1. The van der Waals surface area contributed by atoms with Crippen LogP contribution in [0.25, 0.3) is 0 Å². The van der Waals surface area contributed by atoms with E-state index in [1.807, 2.05) is 13.0 Å². The predicted octanol–water partition coefficient (Wildman–Crippen LogP) is 2.44. The Morgan fingerprint density at radius 2 is 2.39 bits per heavy atom. The van der Waals surface area contributed by atoms with Gasteiger partial charge in [0.15, 0.2) is 0 Å². The van der Waals surface area contributed by atoms with Crippen LogP contribution in [0.2, 0.25) is 0 Å². The zero-order valence-corrected chi connectivity index (χ0v) is 11.4. The van der Waals surface area contributed by atoms with Gasteiger partial charge in [-0.05, 0) is 25.0 Å². The average Bonchev–Trinajstić information content (AvgIpc) is 2.70. The van der Waals surface area contributed by atoms with Crippen LogP contribution in [0.5, 0.6) is 0 Å². The first-order chi connectivity index (χ1) is 8.65. The first-order valence-electron chi connectivity index (χ1n) is 5.87. The van der Waals surface area contributed by atoms with Gasteiger partial charge in [-0.2, -0.15) is 0 Å². The summed E-state index contributed by atoms with van der Waals surface area (Å²) in [6.45, 7) is 8.35. The molecule has 0 unspecified atom stereocenters. The average molecular weight is 269 g/mol. The molecular weight excluding hydrogens is 250 g/mol. The topological polar surface area (TPSA) is 58.6 Å². The molecule has 0 aliphatic carbocycles. The number of thiophene rings is 1. The summed E-state index contributed by atoms with van der Waals surface area (Å²) in [5.41, 5.74) is 1.04. The lowest BCUT2D eigenvalue weighted by Gasteiger charge is -2.05. The van der Waals surface area contributed by atoms with Gasteiger partial charge >= 0.3 is 5.97 Å². The minimum Gasteiger partial charge on any atom is -0.477 e. The Morgan fingerprint density at radius 1 is 1.61 bits per heavy atom. The lowest BCUT2D eigenvalue weighted by Crippen LogP contribution is -2.19. The molecule has 0 aliphatic rings. The molecule has 0 aliphatic heterocycles. The first kappa shape index (κ1) is 14.9. The van der Waals surface area contributed by atoms with Crippen LogP contribution < -0.4 is 5.32 Å². The highest BCUT2D eigenvalue weighted by Gasteiger charge is 2.10. The van der Waals surface area contributed by atoms with Gasteiger partial charge in [0.25, 0.3) is 0 Å². The highest BCUT2D eigenvalue weighted by atomic mass is 32.1. The van der Waals surface area contributed by atoms with Crippen molar-refractivity contribution in [2.24, 2.45) is 0 Å². The Kier molecular flexibility index (Phi) is 6.64. The molecule has 0 radical (unpaired) electrons. The van der Waals surface area contributed by atoms with Crippen LogP contribution in [0.4, 0.5) is 0 Å². The SMILES string of the molecule is C=CCCOCCNCc1cc(C(=O)O)sc1C. The largest absolute Gasteiger partial charge is 0.477 e. The van der Waals surface area contributed by atoms with Crippen LogP contribution in [0, 0.1) is 6.92 Å². The third kappa shape index (κ3) is 5.00. The molecule has 0 atom stereocenters. The Morgan fingerprint density at radius 3 is 3.00 bits per heavy atom. The third-order valence-electron chi connectivity index (χ3n) is 2.44. The maximum Gasteiger partial charge on any atom is 0.345 e. The van der Waals surface area contributed by atoms with Gasteiger partial charge in [-0.25, -0.2) is 4.79 Å². The lowest BCUT2D eigenvalue weighted by atomic mass is 10.2. The van der Waals surface area contributed by atoms with E-state index in [0.717, 1.165) is 23.4 Å². The van der Waals surface area contributed by atoms with Gasteiger partial charge in [0, 0.05) is 18.0 Å². The number of hydrogen-bond donors (Lipinski definition) is 2. The number of aromatic carboxylic acids is 1. The number of rotatable bonds is 9. The molecule has 0 saturated heterocycles. The van der Waals surface area contributed by atoms with Gasteiger partial charge in [0.05, 0.1) is 13.2 Å². The van der Waals surface area contributed by atoms with E-state index in [2.05, 4.69) is 11.9 Å². The fraction of sp³-hybridized carbons (Fsp3) is 0.462. The first-order valence-corrected chi connectivity index (χ1v) is 6.68. The van der Waals surface area contributed by atoms with Crippen molar-refractivity contribution in [1.29, 1.82) is 0 Å². The minimum absolute atomic E-state index is 0.395. The fourth-order valence-corrected chi connectivity index (χ4v) is 2.32. The fourth-order valence-electron chi connectivity index (χ4n) is 1.44. The number of ether oxygens (including phenoxy) is 1. The normalized spacial score (nSPS) is 10.5. The quantitative estimate of drug-likeness (QED) is 0.534. The van der Waals surface area contributed by atoms with Crippen molar-refractivity contribution in [3.05, 3.63) is 34.0 Å². The van der Waals surface area contributed by atoms with Crippen molar-refractivity contribution in [2.45, 2.75) is 19.9 Å². The maximum atomic E-state index is 10.8. The summed E-state index contributed by atoms with van der Waals surface area (Å²) in [5.74, 6) is -0.859. The Bertz CT molecular complexity index is 401. The number of nitrogens with one attached hydrogen (secondary N) is 1. The van der Waals surface area contributed by atoms with Crippen LogP contribution >= 0.6 is 11.3 Å². The Hall–Kier alpha value is -1.17. The van der Waals surface area contributed by atoms with Crippen molar-refractivity contribution in [2.75, 3.05) is 19.8 Å². The zero-order valence-electron chi connectivity index (χ0n) is 10.6. The molecule has 0 spiro atoms. The van der Waals surface area contributed by atoms with Gasteiger partial charge in [-0.1, -0.05) is 6.08 Å². The molecule has 0 saturated carbocycles. The van der Waals surface area contributed by atoms with Gasteiger partial charge < -0.3 is 15.2 Å². The second-order valence-electron chi connectivity index (χ2n) is 3.86. The molecule has 0 amide bonds. The summed E-state index contributed by atoms with van der Waals surface area (Å²) < 4.78 is 5.36. The summed E-state index contributed by atoms with van der Waals surface area (Å²) in [6, 6.07) is 1.73. The maximum absolute atomic E-state index is 10.8. The minimum atomic E-state index is -0.859. The van der Waals surface area contributed by atoms with Crippen molar-refractivity contribution >= 4 is 17.3 Å². The molecule has 2 N–H and O–H groups in total. The van der Waals surface area contributed by atoms with E-state index in [0.29, 0.717) is 24.6 Å². The summed E-state index contributed by atoms with van der Waals surface area (Å²) >= 11 is 1.32. The van der Waals surface area contributed by atoms with Crippen LogP contribution in [-0.2, 0) is 11.3 Å². The van der Waals surface area contributed by atoms with Gasteiger partial charge in [0.2, 0.25) is 0 Å². The van der Waals surface area contributed by atoms with Crippen LogP contribution in [0.3, 0.4) is 0 Å². The van der Waals surface area contributed by atoms with Gasteiger partial charge in [-0.3, -0.25) is 0 Å². The lowest BCUT2D eigenvalue weighted by molar-refractivity contribution is 0.0702. The van der Waals surface area contributed by atoms with Gasteiger partial charge in [0.1, 0.15) is 4.88 Å². The third-order valence-corrected chi connectivity index (χ3v) is 3.52. The van der Waals surface area contributed by atoms with Crippen molar-refractivity contribution in [3.63, 3.8) is 0 Å². The molecule has 0 bridgehead atoms. The standard InChI is InChI=1S/C13H19NO3S/c1-3-4-6-17-7-5-14-9-11-8-12(13(15)16)18-10(11)2/h3,8,14H,1,4-7,9H2,2H3,(H,15,16). The highest BCUT2D eigenvalue weighted by molar-refractivity contribution is 7.14. The van der Waals surface area contributed by atoms with Crippen LogP contribution in [0.1, 0.15) is 26.5 Å². The molecular formula is C13H19NO3S. The van der Waals surface area contributed by atoms with Crippen molar-refractivity contribution in [3.8, 4) is 0 Å². The van der Waals surface area contributed by atoms with E-state index in [9.17, 15) is 4.79 Å². The highest BCUT2D eigenvalue weighted by Crippen LogP contribution is 2.21. The summed E-state index contributed by atoms with van der Waals surface area (Å²) in [6.07, 6.45) is 2.70. The van der Waals surface area contributed by atoms with E-state index in [1.54, 1.807) is 6.07 Å². The monoisotopic (exact) mass is 269 g/mol. The molecule has 0 aromatic carbocycles. The van der Waals surface area contributed by atoms with Gasteiger partial charge in [-0.15, -0.1) is 17.9 Å². The second kappa shape index (κ2) is 8.02. The summed E-state index contributed by atoms with van der Waals surface area (Å²) in [4.78, 5) is 12.2. The molecule has 5 heteroatoms. The van der Waals surface area contributed by atoms with E-state index in [-0.39, 0.29) is 0 Å². The molecule has 1 aromatic rings. The predicted molar refractivity (Wildman–Crippen MR) is 73.4 cm³/mol. The van der Waals surface area contributed by atoms with E-state index in [1.165, 1.54) is 11.3 Å². The number of hydrogen-bond acceptors (Lipinski definition) is 4. The zero-order chi connectivity index (χ0) is 13.4. The van der Waals surface area contributed by atoms with E-state index < -0.39 is 5.97 Å². The van der Waals surface area contributed by atoms with Crippen LogP contribution in [-0.4, -0.2) is 30.8 Å². The molecule has 100 valence electrons. The Labute approximate surface area is 111 Å². The van der Waals surface area contributed by atoms with E-state index >= 15 is 0 Å². The molecule has 18 heavy (non-hydrogen) atoms. The molecule has 1 heterocycles. The van der Waals surface area contributed by atoms with Crippen LogP contribution in [0.15, 0.2) is 18.7 Å². The summed E-state index contributed by atoms with van der Waals surface area (Å²) in [7, 11) is 0. The van der Waals surface area contributed by atoms with Crippen molar-refractivity contribution in [1.82, 2.24) is 5.32 Å². The molecule has 1 rings (SSSR count). The second-order valence-corrected chi connectivity index (χ2v) is 5.12.